The molecule has 0 fully saturated rings. The van der Waals surface area contributed by atoms with Gasteiger partial charge in [-0.2, -0.15) is 0 Å². The second-order valence-electron chi connectivity index (χ2n) is 3.96. The summed E-state index contributed by atoms with van der Waals surface area (Å²) in [4.78, 5) is 1.19. The molecule has 0 aliphatic rings. The molecular weight excluding hydrogens is 164 g/mol. The van der Waals surface area contributed by atoms with Crippen molar-refractivity contribution in [2.45, 2.75) is 40.5 Å². The first kappa shape index (κ1) is 11.8. The molecule has 0 saturated heterocycles. The van der Waals surface area contributed by atoms with Crippen LogP contribution in [0.3, 0.4) is 0 Å². The number of allylic oxidation sites excluding steroid dienone is 3. The lowest BCUT2D eigenvalue weighted by molar-refractivity contribution is 0.640. The first-order valence-corrected chi connectivity index (χ1v) is 4.90. The molecular formula is C11H20S. The summed E-state index contributed by atoms with van der Waals surface area (Å²) in [6.07, 6.45) is 2.08. The van der Waals surface area contributed by atoms with Crippen LogP contribution < -0.4 is 0 Å². The first-order valence-electron chi connectivity index (χ1n) is 4.45. The molecule has 0 heterocycles. The van der Waals surface area contributed by atoms with Crippen molar-refractivity contribution in [2.75, 3.05) is 0 Å². The Morgan fingerprint density at radius 3 is 2.17 bits per heavy atom. The van der Waals surface area contributed by atoms with Gasteiger partial charge >= 0.3 is 0 Å². The van der Waals surface area contributed by atoms with Crippen LogP contribution in [0.2, 0.25) is 0 Å². The van der Waals surface area contributed by atoms with Crippen LogP contribution in [0.15, 0.2) is 22.6 Å². The molecule has 0 nitrogen and oxygen atoms in total. The Balaban J connectivity index is 4.16. The van der Waals surface area contributed by atoms with Crippen molar-refractivity contribution in [1.82, 2.24) is 0 Å². The second-order valence-corrected chi connectivity index (χ2v) is 4.50. The number of thiol groups is 1. The summed E-state index contributed by atoms with van der Waals surface area (Å²) in [7, 11) is 0. The van der Waals surface area contributed by atoms with Gasteiger partial charge in [0, 0.05) is 0 Å². The van der Waals surface area contributed by atoms with E-state index in [-0.39, 0.29) is 0 Å². The smallest absolute Gasteiger partial charge is 0.00155 e. The Bertz CT molecular complexity index is 187. The summed E-state index contributed by atoms with van der Waals surface area (Å²) in [5, 5.41) is 0. The van der Waals surface area contributed by atoms with E-state index in [4.69, 9.17) is 0 Å². The fourth-order valence-corrected chi connectivity index (χ4v) is 1.53. The normalized spacial score (nSPS) is 13.2. The minimum Gasteiger partial charge on any atom is -0.148 e. The minimum absolute atomic E-state index is 0.720. The molecule has 12 heavy (non-hydrogen) atoms. The lowest BCUT2D eigenvalue weighted by Gasteiger charge is -2.09. The second kappa shape index (κ2) is 5.47. The quantitative estimate of drug-likeness (QED) is 0.491. The van der Waals surface area contributed by atoms with Crippen molar-refractivity contribution in [2.24, 2.45) is 5.92 Å². The van der Waals surface area contributed by atoms with Gasteiger partial charge in [0.2, 0.25) is 0 Å². The van der Waals surface area contributed by atoms with E-state index >= 15 is 0 Å². The van der Waals surface area contributed by atoms with Crippen LogP contribution in [0, 0.1) is 5.92 Å². The topological polar surface area (TPSA) is 0 Å². The van der Waals surface area contributed by atoms with Crippen LogP contribution in [0.5, 0.6) is 0 Å². The molecule has 0 aliphatic heterocycles. The van der Waals surface area contributed by atoms with E-state index in [1.165, 1.54) is 16.1 Å². The molecule has 0 aromatic heterocycles. The summed E-state index contributed by atoms with van der Waals surface area (Å²) in [5.41, 5.74) is 2.58. The monoisotopic (exact) mass is 184 g/mol. The van der Waals surface area contributed by atoms with Gasteiger partial charge in [-0.15, -0.1) is 12.6 Å². The van der Waals surface area contributed by atoms with Gasteiger partial charge in [-0.25, -0.2) is 0 Å². The molecule has 0 atom stereocenters. The van der Waals surface area contributed by atoms with Crippen molar-refractivity contribution in [3.63, 3.8) is 0 Å². The molecule has 0 spiro atoms. The van der Waals surface area contributed by atoms with Crippen molar-refractivity contribution in [1.29, 1.82) is 0 Å². The maximum atomic E-state index is 4.46. The number of hydrogen-bond acceptors (Lipinski definition) is 1. The predicted molar refractivity (Wildman–Crippen MR) is 60.6 cm³/mol. The standard InChI is InChI=1S/C11H20S/c1-8(2)6-10(5)11(12)7-9(3)4/h8,12H,3,6-7H2,1-2,4-5H3/b11-10-. The van der Waals surface area contributed by atoms with Crippen molar-refractivity contribution in [3.8, 4) is 0 Å². The molecule has 0 unspecified atom stereocenters. The molecule has 0 aromatic rings. The van der Waals surface area contributed by atoms with Gasteiger partial charge in [-0.3, -0.25) is 0 Å². The van der Waals surface area contributed by atoms with E-state index in [1.807, 2.05) is 6.92 Å². The zero-order chi connectivity index (χ0) is 9.72. The lowest BCUT2D eigenvalue weighted by Crippen LogP contribution is -1.91. The molecule has 0 N–H and O–H groups in total. The van der Waals surface area contributed by atoms with Gasteiger partial charge in [-0.1, -0.05) is 31.6 Å². The summed E-state index contributed by atoms with van der Waals surface area (Å²) >= 11 is 4.46. The van der Waals surface area contributed by atoms with E-state index in [9.17, 15) is 0 Å². The molecule has 1 heteroatoms. The summed E-state index contributed by atoms with van der Waals surface area (Å²) in [6.45, 7) is 12.5. The average Bonchev–Trinajstić information content (AvgIpc) is 1.84. The maximum Gasteiger partial charge on any atom is -0.00155 e. The lowest BCUT2D eigenvalue weighted by atomic mass is 10.0. The highest BCUT2D eigenvalue weighted by atomic mass is 32.1. The SMILES string of the molecule is C=C(C)C/C(S)=C(\C)CC(C)C. The van der Waals surface area contributed by atoms with E-state index < -0.39 is 0 Å². The highest BCUT2D eigenvalue weighted by Gasteiger charge is 2.01. The van der Waals surface area contributed by atoms with Crippen LogP contribution in [-0.2, 0) is 0 Å². The van der Waals surface area contributed by atoms with Crippen LogP contribution in [0.1, 0.15) is 40.5 Å². The molecule has 0 saturated carbocycles. The number of rotatable bonds is 4. The Morgan fingerprint density at radius 2 is 1.83 bits per heavy atom. The van der Waals surface area contributed by atoms with Crippen molar-refractivity contribution in [3.05, 3.63) is 22.6 Å². The summed E-state index contributed by atoms with van der Waals surface area (Å²) < 4.78 is 0. The number of hydrogen-bond donors (Lipinski definition) is 1. The first-order chi connectivity index (χ1) is 5.43. The average molecular weight is 184 g/mol. The molecule has 0 aliphatic carbocycles. The minimum atomic E-state index is 0.720. The highest BCUT2D eigenvalue weighted by Crippen LogP contribution is 2.21. The zero-order valence-corrected chi connectivity index (χ0v) is 9.54. The molecule has 0 rings (SSSR count). The Hall–Kier alpha value is -0.170. The van der Waals surface area contributed by atoms with Gasteiger partial charge in [0.1, 0.15) is 0 Å². The van der Waals surface area contributed by atoms with Gasteiger partial charge in [0.15, 0.2) is 0 Å². The largest absolute Gasteiger partial charge is 0.148 e. The maximum absolute atomic E-state index is 4.46. The van der Waals surface area contributed by atoms with Gasteiger partial charge in [0.05, 0.1) is 0 Å². The molecule has 0 aromatic carbocycles. The Labute approximate surface area is 82.2 Å². The van der Waals surface area contributed by atoms with Crippen LogP contribution in [0.4, 0.5) is 0 Å². The van der Waals surface area contributed by atoms with Crippen LogP contribution >= 0.6 is 12.6 Å². The van der Waals surface area contributed by atoms with Gasteiger partial charge in [-0.05, 0) is 37.5 Å². The van der Waals surface area contributed by atoms with E-state index in [2.05, 4.69) is 40.0 Å². The molecule has 70 valence electrons. The Kier molecular flexibility index (Phi) is 5.39. The van der Waals surface area contributed by atoms with Crippen LogP contribution in [0.25, 0.3) is 0 Å². The molecule has 0 bridgehead atoms. The van der Waals surface area contributed by atoms with Crippen LogP contribution in [-0.4, -0.2) is 0 Å². The third-order valence-electron chi connectivity index (χ3n) is 1.68. The summed E-state index contributed by atoms with van der Waals surface area (Å²) in [5.74, 6) is 0.720. The van der Waals surface area contributed by atoms with Crippen molar-refractivity contribution < 1.29 is 0 Å². The van der Waals surface area contributed by atoms with E-state index in [0.717, 1.165) is 18.8 Å². The zero-order valence-electron chi connectivity index (χ0n) is 8.65. The summed E-state index contributed by atoms with van der Waals surface area (Å²) in [6, 6.07) is 0. The predicted octanol–water partition coefficient (Wildman–Crippen LogP) is 4.20. The van der Waals surface area contributed by atoms with Crippen molar-refractivity contribution >= 4 is 12.6 Å². The highest BCUT2D eigenvalue weighted by molar-refractivity contribution is 7.84. The molecule has 0 radical (unpaired) electrons. The molecule has 0 amide bonds. The Morgan fingerprint density at radius 1 is 1.33 bits per heavy atom. The third-order valence-corrected chi connectivity index (χ3v) is 2.22. The fraction of sp³-hybridized carbons (Fsp3) is 0.636. The van der Waals surface area contributed by atoms with Gasteiger partial charge in [0.25, 0.3) is 0 Å². The van der Waals surface area contributed by atoms with Gasteiger partial charge < -0.3 is 0 Å². The van der Waals surface area contributed by atoms with E-state index in [0.29, 0.717) is 0 Å². The third kappa shape index (κ3) is 5.48. The fourth-order valence-electron chi connectivity index (χ4n) is 1.17. The van der Waals surface area contributed by atoms with E-state index in [1.54, 1.807) is 0 Å².